The highest BCUT2D eigenvalue weighted by atomic mass is 16.5. The Bertz CT molecular complexity index is 606. The Morgan fingerprint density at radius 1 is 1.05 bits per heavy atom. The monoisotopic (exact) mass is 282 g/mol. The molecule has 0 heterocycles. The normalized spacial score (nSPS) is 12.0. The van der Waals surface area contributed by atoms with Crippen LogP contribution in [0.25, 0.3) is 0 Å². The lowest BCUT2D eigenvalue weighted by molar-refractivity contribution is 0.0818. The van der Waals surface area contributed by atoms with Crippen molar-refractivity contribution >= 4 is 5.78 Å². The van der Waals surface area contributed by atoms with Gasteiger partial charge in [0.15, 0.2) is 6.10 Å². The van der Waals surface area contributed by atoms with Gasteiger partial charge in [0.25, 0.3) is 0 Å². The first kappa shape index (κ1) is 15.3. The molecule has 0 aliphatic rings. The molecule has 2 aromatic carbocycles. The number of ether oxygens (including phenoxy) is 1. The summed E-state index contributed by atoms with van der Waals surface area (Å²) in [6.45, 7) is 7.95. The van der Waals surface area contributed by atoms with E-state index in [1.807, 2.05) is 50.2 Å². The molecule has 0 bridgehead atoms. The number of benzene rings is 2. The van der Waals surface area contributed by atoms with Gasteiger partial charge in [0.2, 0.25) is 5.78 Å². The Kier molecular flexibility index (Phi) is 4.79. The lowest BCUT2D eigenvalue weighted by Crippen LogP contribution is -2.24. The fraction of sp³-hybridized carbons (Fsp3) is 0.316. The maximum atomic E-state index is 12.4. The molecule has 21 heavy (non-hydrogen) atoms. The van der Waals surface area contributed by atoms with Crippen LogP contribution >= 0.6 is 0 Å². The minimum atomic E-state index is -0.487. The summed E-state index contributed by atoms with van der Waals surface area (Å²) in [6.07, 6.45) is 0.488. The third-order valence-corrected chi connectivity index (χ3v) is 3.52. The van der Waals surface area contributed by atoms with Crippen LogP contribution in [0.5, 0.6) is 5.75 Å². The van der Waals surface area contributed by atoms with Crippen LogP contribution in [0.2, 0.25) is 0 Å². The Hall–Kier alpha value is -2.09. The predicted octanol–water partition coefficient (Wildman–Crippen LogP) is 4.52. The molecular weight excluding hydrogens is 260 g/mol. The predicted molar refractivity (Wildman–Crippen MR) is 86.2 cm³/mol. The second-order valence-electron chi connectivity index (χ2n) is 5.50. The molecule has 0 amide bonds. The van der Waals surface area contributed by atoms with Crippen molar-refractivity contribution in [2.24, 2.45) is 0 Å². The molecule has 0 aliphatic carbocycles. The quantitative estimate of drug-likeness (QED) is 0.754. The summed E-state index contributed by atoms with van der Waals surface area (Å²) < 4.78 is 5.80. The molecule has 0 saturated heterocycles. The van der Waals surface area contributed by atoms with Gasteiger partial charge in [0, 0.05) is 5.56 Å². The third kappa shape index (κ3) is 3.94. The van der Waals surface area contributed by atoms with Gasteiger partial charge in [-0.1, -0.05) is 37.3 Å². The third-order valence-electron chi connectivity index (χ3n) is 3.52. The average molecular weight is 282 g/mol. The van der Waals surface area contributed by atoms with Crippen LogP contribution in [-0.4, -0.2) is 11.9 Å². The molecular formula is C19H22O2. The molecule has 0 aliphatic heterocycles. The van der Waals surface area contributed by atoms with Gasteiger partial charge in [-0.05, 0) is 56.0 Å². The van der Waals surface area contributed by atoms with Gasteiger partial charge in [0.05, 0.1) is 0 Å². The van der Waals surface area contributed by atoms with Gasteiger partial charge < -0.3 is 4.74 Å². The van der Waals surface area contributed by atoms with Crippen LogP contribution in [0, 0.1) is 13.8 Å². The molecule has 1 atom stereocenters. The number of hydrogen-bond acceptors (Lipinski definition) is 2. The molecule has 0 aromatic heterocycles. The highest BCUT2D eigenvalue weighted by molar-refractivity contribution is 5.99. The summed E-state index contributed by atoms with van der Waals surface area (Å²) in [5, 5.41) is 0. The van der Waals surface area contributed by atoms with Crippen molar-refractivity contribution in [2.45, 2.75) is 40.2 Å². The van der Waals surface area contributed by atoms with Gasteiger partial charge in [-0.25, -0.2) is 0 Å². The van der Waals surface area contributed by atoms with Crippen molar-refractivity contribution in [3.8, 4) is 5.75 Å². The van der Waals surface area contributed by atoms with Crippen molar-refractivity contribution in [3.05, 3.63) is 64.7 Å². The molecule has 0 fully saturated rings. The van der Waals surface area contributed by atoms with E-state index in [0.29, 0.717) is 5.56 Å². The van der Waals surface area contributed by atoms with E-state index in [2.05, 4.69) is 13.0 Å². The zero-order valence-electron chi connectivity index (χ0n) is 13.1. The van der Waals surface area contributed by atoms with E-state index in [1.165, 1.54) is 5.56 Å². The Balaban J connectivity index is 2.11. The maximum absolute atomic E-state index is 12.4. The van der Waals surface area contributed by atoms with Gasteiger partial charge in [-0.15, -0.1) is 0 Å². The number of carbonyl (C=O) groups excluding carboxylic acids is 1. The summed E-state index contributed by atoms with van der Waals surface area (Å²) in [4.78, 5) is 12.4. The molecule has 2 nitrogen and oxygen atoms in total. The molecule has 0 spiro atoms. The highest BCUT2D eigenvalue weighted by Crippen LogP contribution is 2.19. The van der Waals surface area contributed by atoms with Gasteiger partial charge in [-0.3, -0.25) is 4.79 Å². The SMILES string of the molecule is CCc1ccc(C(=O)C(C)Oc2cc(C)cc(C)c2)cc1. The smallest absolute Gasteiger partial charge is 0.202 e. The molecule has 2 aromatic rings. The minimum absolute atomic E-state index is 0.0109. The van der Waals surface area contributed by atoms with Crippen LogP contribution in [-0.2, 0) is 6.42 Å². The van der Waals surface area contributed by atoms with Gasteiger partial charge in [-0.2, -0.15) is 0 Å². The van der Waals surface area contributed by atoms with Crippen molar-refractivity contribution in [1.29, 1.82) is 0 Å². The summed E-state index contributed by atoms with van der Waals surface area (Å²) in [7, 11) is 0. The Morgan fingerprint density at radius 3 is 2.14 bits per heavy atom. The molecule has 1 unspecified atom stereocenters. The maximum Gasteiger partial charge on any atom is 0.202 e. The Morgan fingerprint density at radius 2 is 1.62 bits per heavy atom. The van der Waals surface area contributed by atoms with Gasteiger partial charge >= 0.3 is 0 Å². The molecule has 0 N–H and O–H groups in total. The summed E-state index contributed by atoms with van der Waals surface area (Å²) in [5.41, 5.74) is 4.20. The fourth-order valence-electron chi connectivity index (χ4n) is 2.40. The number of aryl methyl sites for hydroxylation is 3. The topological polar surface area (TPSA) is 26.3 Å². The number of hydrogen-bond donors (Lipinski definition) is 0. The molecule has 2 heteroatoms. The van der Waals surface area contributed by atoms with E-state index in [1.54, 1.807) is 6.92 Å². The van der Waals surface area contributed by atoms with E-state index in [-0.39, 0.29) is 5.78 Å². The Labute approximate surface area is 126 Å². The standard InChI is InChI=1S/C19H22O2/c1-5-16-6-8-17(9-7-16)19(20)15(4)21-18-11-13(2)10-14(3)12-18/h6-12,15H,5H2,1-4H3. The van der Waals surface area contributed by atoms with Crippen molar-refractivity contribution in [1.82, 2.24) is 0 Å². The molecule has 110 valence electrons. The van der Waals surface area contributed by atoms with E-state index in [4.69, 9.17) is 4.74 Å². The zero-order chi connectivity index (χ0) is 15.4. The van der Waals surface area contributed by atoms with Crippen LogP contribution in [0.15, 0.2) is 42.5 Å². The number of carbonyl (C=O) groups is 1. The second kappa shape index (κ2) is 6.57. The first-order valence-electron chi connectivity index (χ1n) is 7.37. The summed E-state index contributed by atoms with van der Waals surface area (Å²) >= 11 is 0. The van der Waals surface area contributed by atoms with E-state index in [9.17, 15) is 4.79 Å². The van der Waals surface area contributed by atoms with Crippen molar-refractivity contribution in [2.75, 3.05) is 0 Å². The summed E-state index contributed by atoms with van der Waals surface area (Å²) in [6, 6.07) is 13.7. The van der Waals surface area contributed by atoms with Crippen LogP contribution < -0.4 is 4.74 Å². The van der Waals surface area contributed by atoms with E-state index in [0.717, 1.165) is 23.3 Å². The highest BCUT2D eigenvalue weighted by Gasteiger charge is 2.17. The van der Waals surface area contributed by atoms with Crippen molar-refractivity contribution in [3.63, 3.8) is 0 Å². The minimum Gasteiger partial charge on any atom is -0.483 e. The van der Waals surface area contributed by atoms with E-state index >= 15 is 0 Å². The van der Waals surface area contributed by atoms with E-state index < -0.39 is 6.10 Å². The lowest BCUT2D eigenvalue weighted by atomic mass is 10.0. The molecule has 0 radical (unpaired) electrons. The van der Waals surface area contributed by atoms with Crippen molar-refractivity contribution < 1.29 is 9.53 Å². The number of ketones is 1. The number of rotatable bonds is 5. The molecule has 2 rings (SSSR count). The molecule has 0 saturated carbocycles. The lowest BCUT2D eigenvalue weighted by Gasteiger charge is -2.15. The second-order valence-corrected chi connectivity index (χ2v) is 5.50. The fourth-order valence-corrected chi connectivity index (χ4v) is 2.40. The van der Waals surface area contributed by atoms with Crippen LogP contribution in [0.3, 0.4) is 0 Å². The van der Waals surface area contributed by atoms with Crippen LogP contribution in [0.1, 0.15) is 40.9 Å². The van der Waals surface area contributed by atoms with Crippen LogP contribution in [0.4, 0.5) is 0 Å². The largest absolute Gasteiger partial charge is 0.483 e. The first-order valence-corrected chi connectivity index (χ1v) is 7.37. The van der Waals surface area contributed by atoms with Gasteiger partial charge in [0.1, 0.15) is 5.75 Å². The average Bonchev–Trinajstić information content (AvgIpc) is 2.45. The first-order chi connectivity index (χ1) is 9.99. The zero-order valence-corrected chi connectivity index (χ0v) is 13.1. The number of Topliss-reactive ketones (excluding diaryl/α,β-unsaturated/α-hetero) is 1. The summed E-state index contributed by atoms with van der Waals surface area (Å²) in [5.74, 6) is 0.760.